The van der Waals surface area contributed by atoms with Crippen molar-refractivity contribution in [2.24, 2.45) is 0 Å². The summed E-state index contributed by atoms with van der Waals surface area (Å²) in [5.74, 6) is 0.123. The number of rotatable bonds is 4. The van der Waals surface area contributed by atoms with E-state index in [-0.39, 0.29) is 11.9 Å². The maximum Gasteiger partial charge on any atom is 0.236 e. The Morgan fingerprint density at radius 1 is 1.36 bits per heavy atom. The van der Waals surface area contributed by atoms with Gasteiger partial charge in [-0.05, 0) is 26.7 Å². The van der Waals surface area contributed by atoms with Gasteiger partial charge in [0.2, 0.25) is 5.91 Å². The van der Waals surface area contributed by atoms with E-state index in [1.807, 2.05) is 13.8 Å². The molecule has 2 N–H and O–H groups in total. The largest absolute Gasteiger partial charge is 0.355 e. The topological polar surface area (TPSA) is 41.1 Å². The molecule has 14 heavy (non-hydrogen) atoms. The lowest BCUT2D eigenvalue weighted by molar-refractivity contribution is -0.122. The van der Waals surface area contributed by atoms with Crippen molar-refractivity contribution in [3.8, 4) is 0 Å². The van der Waals surface area contributed by atoms with Gasteiger partial charge in [0.1, 0.15) is 0 Å². The van der Waals surface area contributed by atoms with Gasteiger partial charge in [-0.2, -0.15) is 0 Å². The summed E-state index contributed by atoms with van der Waals surface area (Å²) in [5.41, 5.74) is 0. The molecular weight excluding hydrogens is 176 g/mol. The summed E-state index contributed by atoms with van der Waals surface area (Å²) in [6.45, 7) is 4.61. The first-order chi connectivity index (χ1) is 6.74. The van der Waals surface area contributed by atoms with Crippen molar-refractivity contribution in [2.45, 2.75) is 58.0 Å². The highest BCUT2D eigenvalue weighted by Crippen LogP contribution is 2.17. The number of hydrogen-bond acceptors (Lipinski definition) is 2. The van der Waals surface area contributed by atoms with Crippen LogP contribution >= 0.6 is 0 Å². The van der Waals surface area contributed by atoms with Gasteiger partial charge in [-0.15, -0.1) is 0 Å². The molecule has 1 saturated carbocycles. The lowest BCUT2D eigenvalue weighted by Gasteiger charge is -2.25. The Balaban J connectivity index is 2.24. The van der Waals surface area contributed by atoms with Gasteiger partial charge in [0.15, 0.2) is 0 Å². The molecular formula is C11H22N2O. The maximum atomic E-state index is 11.4. The summed E-state index contributed by atoms with van der Waals surface area (Å²) in [6.07, 6.45) is 6.42. The number of nitrogens with one attached hydrogen (secondary N) is 2. The number of likely N-dealkylation sites (N-methyl/N-ethyl adjacent to an activating group) is 1. The second-order valence-corrected chi connectivity index (χ2v) is 4.12. The first-order valence-corrected chi connectivity index (χ1v) is 5.77. The van der Waals surface area contributed by atoms with Crippen LogP contribution in [0, 0.1) is 0 Å². The Hall–Kier alpha value is -0.570. The molecule has 1 aliphatic rings. The molecule has 0 aromatic heterocycles. The number of carbonyl (C=O) groups excluding carboxylic acids is 1. The van der Waals surface area contributed by atoms with Crippen LogP contribution in [0.4, 0.5) is 0 Å². The summed E-state index contributed by atoms with van der Waals surface area (Å²) in [5, 5.41) is 6.22. The summed E-state index contributed by atoms with van der Waals surface area (Å²) in [6, 6.07) is 0.513. The van der Waals surface area contributed by atoms with E-state index >= 15 is 0 Å². The van der Waals surface area contributed by atoms with E-state index in [1.165, 1.54) is 32.1 Å². The van der Waals surface area contributed by atoms with Crippen LogP contribution in [0.15, 0.2) is 0 Å². The van der Waals surface area contributed by atoms with E-state index in [9.17, 15) is 4.79 Å². The van der Waals surface area contributed by atoms with Crippen molar-refractivity contribution in [1.29, 1.82) is 0 Å². The Bertz CT molecular complexity index is 176. The SMILES string of the molecule is CCNC(=O)C(C)NC1CCCCC1. The minimum atomic E-state index is -0.0435. The number of carbonyl (C=O) groups is 1. The molecule has 0 spiro atoms. The van der Waals surface area contributed by atoms with Crippen LogP contribution in [-0.4, -0.2) is 24.5 Å². The first-order valence-electron chi connectivity index (χ1n) is 5.77. The van der Waals surface area contributed by atoms with Crippen LogP contribution < -0.4 is 10.6 Å². The van der Waals surface area contributed by atoms with Crippen LogP contribution in [0.1, 0.15) is 46.0 Å². The zero-order valence-electron chi connectivity index (χ0n) is 9.31. The van der Waals surface area contributed by atoms with E-state index in [0.29, 0.717) is 6.04 Å². The molecule has 82 valence electrons. The summed E-state index contributed by atoms with van der Waals surface area (Å²) in [7, 11) is 0. The molecule has 3 nitrogen and oxygen atoms in total. The molecule has 0 aromatic rings. The quantitative estimate of drug-likeness (QED) is 0.717. The van der Waals surface area contributed by atoms with Gasteiger partial charge >= 0.3 is 0 Å². The summed E-state index contributed by atoms with van der Waals surface area (Å²) >= 11 is 0. The highest BCUT2D eigenvalue weighted by molar-refractivity contribution is 5.81. The van der Waals surface area contributed by atoms with Crippen molar-refractivity contribution in [3.63, 3.8) is 0 Å². The molecule has 1 amide bonds. The highest BCUT2D eigenvalue weighted by atomic mass is 16.2. The molecule has 1 fully saturated rings. The third-order valence-corrected chi connectivity index (χ3v) is 2.84. The Kier molecular flexibility index (Phi) is 4.94. The third kappa shape index (κ3) is 3.66. The Labute approximate surface area is 86.6 Å². The molecule has 0 saturated heterocycles. The minimum Gasteiger partial charge on any atom is -0.355 e. The van der Waals surface area contributed by atoms with Crippen molar-refractivity contribution in [1.82, 2.24) is 10.6 Å². The Morgan fingerprint density at radius 3 is 2.57 bits per heavy atom. The maximum absolute atomic E-state index is 11.4. The Morgan fingerprint density at radius 2 is 2.00 bits per heavy atom. The molecule has 1 rings (SSSR count). The molecule has 0 aliphatic heterocycles. The van der Waals surface area contributed by atoms with Crippen LogP contribution in [-0.2, 0) is 4.79 Å². The van der Waals surface area contributed by atoms with E-state index in [1.54, 1.807) is 0 Å². The summed E-state index contributed by atoms with van der Waals surface area (Å²) in [4.78, 5) is 11.4. The lowest BCUT2D eigenvalue weighted by Crippen LogP contribution is -2.47. The van der Waals surface area contributed by atoms with Gasteiger partial charge in [-0.1, -0.05) is 19.3 Å². The smallest absolute Gasteiger partial charge is 0.236 e. The molecule has 3 heteroatoms. The van der Waals surface area contributed by atoms with Gasteiger partial charge in [0.25, 0.3) is 0 Å². The van der Waals surface area contributed by atoms with Crippen molar-refractivity contribution < 1.29 is 4.79 Å². The molecule has 1 atom stereocenters. The number of hydrogen-bond donors (Lipinski definition) is 2. The lowest BCUT2D eigenvalue weighted by atomic mass is 9.95. The zero-order chi connectivity index (χ0) is 10.4. The summed E-state index contributed by atoms with van der Waals surface area (Å²) < 4.78 is 0. The fraction of sp³-hybridized carbons (Fsp3) is 0.909. The fourth-order valence-corrected chi connectivity index (χ4v) is 2.03. The van der Waals surface area contributed by atoms with E-state index in [2.05, 4.69) is 10.6 Å². The van der Waals surface area contributed by atoms with Gasteiger partial charge in [-0.25, -0.2) is 0 Å². The molecule has 0 radical (unpaired) electrons. The second-order valence-electron chi connectivity index (χ2n) is 4.12. The third-order valence-electron chi connectivity index (χ3n) is 2.84. The molecule has 0 aromatic carbocycles. The van der Waals surface area contributed by atoms with E-state index in [0.717, 1.165) is 6.54 Å². The predicted molar refractivity (Wildman–Crippen MR) is 58.2 cm³/mol. The fourth-order valence-electron chi connectivity index (χ4n) is 2.03. The number of amides is 1. The standard InChI is InChI=1S/C11H22N2O/c1-3-12-11(14)9(2)13-10-7-5-4-6-8-10/h9-10,13H,3-8H2,1-2H3,(H,12,14). The normalized spacial score (nSPS) is 20.4. The zero-order valence-corrected chi connectivity index (χ0v) is 9.31. The van der Waals surface area contributed by atoms with E-state index in [4.69, 9.17) is 0 Å². The average Bonchev–Trinajstić information content (AvgIpc) is 2.19. The van der Waals surface area contributed by atoms with Crippen molar-refractivity contribution in [2.75, 3.05) is 6.54 Å². The minimum absolute atomic E-state index is 0.0435. The van der Waals surface area contributed by atoms with Crippen molar-refractivity contribution in [3.05, 3.63) is 0 Å². The molecule has 0 bridgehead atoms. The second kappa shape index (κ2) is 6.02. The predicted octanol–water partition coefficient (Wildman–Crippen LogP) is 1.43. The van der Waals surface area contributed by atoms with Gasteiger partial charge in [-0.3, -0.25) is 4.79 Å². The van der Waals surface area contributed by atoms with Crippen molar-refractivity contribution >= 4 is 5.91 Å². The first kappa shape index (κ1) is 11.5. The monoisotopic (exact) mass is 198 g/mol. The molecule has 1 aliphatic carbocycles. The van der Waals surface area contributed by atoms with Gasteiger partial charge < -0.3 is 10.6 Å². The van der Waals surface area contributed by atoms with Crippen LogP contribution in [0.2, 0.25) is 0 Å². The molecule has 1 unspecified atom stereocenters. The van der Waals surface area contributed by atoms with Crippen LogP contribution in [0.5, 0.6) is 0 Å². The van der Waals surface area contributed by atoms with Crippen LogP contribution in [0.3, 0.4) is 0 Å². The highest BCUT2D eigenvalue weighted by Gasteiger charge is 2.18. The van der Waals surface area contributed by atoms with E-state index < -0.39 is 0 Å². The average molecular weight is 198 g/mol. The van der Waals surface area contributed by atoms with Gasteiger partial charge in [0, 0.05) is 12.6 Å². The van der Waals surface area contributed by atoms with Gasteiger partial charge in [0.05, 0.1) is 6.04 Å². The van der Waals surface area contributed by atoms with Crippen LogP contribution in [0.25, 0.3) is 0 Å². The molecule has 0 heterocycles.